The number of alkyl carbamates (subject to hydrolysis) is 1. The number of alkyl halides is 1. The normalized spacial score (nSPS) is 20.8. The molecule has 1 aromatic rings. The zero-order valence-electron chi connectivity index (χ0n) is 14.3. The van der Waals surface area contributed by atoms with Gasteiger partial charge in [-0.05, 0) is 51.1 Å². The fraction of sp³-hybridized carbons (Fsp3) is 0.765. The van der Waals surface area contributed by atoms with Crippen LogP contribution in [0.3, 0.4) is 0 Å². The summed E-state index contributed by atoms with van der Waals surface area (Å²) in [7, 11) is 0. The van der Waals surface area contributed by atoms with Gasteiger partial charge >= 0.3 is 6.09 Å². The summed E-state index contributed by atoms with van der Waals surface area (Å²) in [6.07, 6.45) is 7.97. The third-order valence-electron chi connectivity index (χ3n) is 5.32. The minimum absolute atomic E-state index is 0.159. The number of nitrogens with one attached hydrogen (secondary N) is 1. The number of aromatic nitrogens is 2. The number of piperidine rings is 1. The number of nitrogens with zero attached hydrogens (tertiary/aromatic N) is 3. The van der Waals surface area contributed by atoms with Crippen molar-refractivity contribution in [1.82, 2.24) is 20.0 Å². The molecule has 1 aliphatic carbocycles. The van der Waals surface area contributed by atoms with Crippen LogP contribution < -0.4 is 5.32 Å². The maximum Gasteiger partial charge on any atom is 0.407 e. The van der Waals surface area contributed by atoms with E-state index in [1.807, 2.05) is 10.9 Å². The lowest BCUT2D eigenvalue weighted by Crippen LogP contribution is -2.54. The number of carbonyl (C=O) groups excluding carboxylic acids is 1. The molecule has 1 amide bonds. The van der Waals surface area contributed by atoms with Crippen LogP contribution in [0.4, 0.5) is 9.18 Å². The van der Waals surface area contributed by atoms with Gasteiger partial charge in [-0.1, -0.05) is 0 Å². The van der Waals surface area contributed by atoms with Crippen molar-refractivity contribution in [3.05, 3.63) is 18.0 Å². The zero-order valence-corrected chi connectivity index (χ0v) is 14.3. The van der Waals surface area contributed by atoms with Crippen molar-refractivity contribution in [1.29, 1.82) is 0 Å². The molecule has 2 aliphatic rings. The van der Waals surface area contributed by atoms with Gasteiger partial charge in [0, 0.05) is 30.9 Å². The molecular weight excluding hydrogens is 311 g/mol. The second kappa shape index (κ2) is 7.51. The van der Waals surface area contributed by atoms with E-state index < -0.39 is 12.8 Å². The minimum Gasteiger partial charge on any atom is -0.447 e. The van der Waals surface area contributed by atoms with Crippen LogP contribution in [0.5, 0.6) is 0 Å². The first-order chi connectivity index (χ1) is 11.6. The lowest BCUT2D eigenvalue weighted by Gasteiger charge is -2.52. The molecule has 1 saturated carbocycles. The lowest BCUT2D eigenvalue weighted by atomic mass is 9.60. The molecule has 24 heavy (non-hydrogen) atoms. The first-order valence-corrected chi connectivity index (χ1v) is 8.85. The number of likely N-dealkylation sites (tertiary alicyclic amines) is 1. The third-order valence-corrected chi connectivity index (χ3v) is 5.32. The predicted octanol–water partition coefficient (Wildman–Crippen LogP) is 2.34. The number of halogens is 1. The van der Waals surface area contributed by atoms with Crippen LogP contribution in [0.2, 0.25) is 0 Å². The summed E-state index contributed by atoms with van der Waals surface area (Å²) < 4.78 is 18.7. The molecule has 6 nitrogen and oxygen atoms in total. The molecule has 7 heteroatoms. The van der Waals surface area contributed by atoms with Crippen molar-refractivity contribution in [2.75, 3.05) is 26.4 Å². The van der Waals surface area contributed by atoms with Crippen LogP contribution in [-0.4, -0.2) is 53.2 Å². The van der Waals surface area contributed by atoms with Crippen molar-refractivity contribution in [2.24, 2.45) is 5.41 Å². The number of hydrogen-bond acceptors (Lipinski definition) is 4. The standard InChI is InChI=1S/C17H27FN4O2/c1-2-22-13-14(11-19-22)12-21-6-3-17(4-7-21)9-15(10-17)20-16(23)24-8-5-18/h11,13,15H,2-10,12H2,1H3,(H,20,23). The van der Waals surface area contributed by atoms with Crippen molar-refractivity contribution in [3.63, 3.8) is 0 Å². The number of aryl methyl sites for hydroxylation is 1. The van der Waals surface area contributed by atoms with Gasteiger partial charge in [-0.2, -0.15) is 5.10 Å². The first kappa shape index (κ1) is 17.2. The van der Waals surface area contributed by atoms with E-state index in [1.54, 1.807) is 0 Å². The maximum absolute atomic E-state index is 12.0. The summed E-state index contributed by atoms with van der Waals surface area (Å²) in [5, 5.41) is 7.16. The van der Waals surface area contributed by atoms with E-state index in [-0.39, 0.29) is 12.6 Å². The third kappa shape index (κ3) is 4.06. The number of ether oxygens (including phenoxy) is 1. The zero-order chi connectivity index (χ0) is 17.0. The number of carbonyl (C=O) groups is 1. The number of rotatable bonds is 6. The number of hydrogen-bond donors (Lipinski definition) is 1. The Labute approximate surface area is 142 Å². The van der Waals surface area contributed by atoms with Crippen LogP contribution >= 0.6 is 0 Å². The fourth-order valence-corrected chi connectivity index (χ4v) is 3.94. The van der Waals surface area contributed by atoms with Crippen molar-refractivity contribution < 1.29 is 13.9 Å². The average Bonchev–Trinajstić information content (AvgIpc) is 3.01. The Morgan fingerprint density at radius 2 is 2.21 bits per heavy atom. The predicted molar refractivity (Wildman–Crippen MR) is 88.3 cm³/mol. The van der Waals surface area contributed by atoms with E-state index in [1.165, 1.54) is 18.4 Å². The first-order valence-electron chi connectivity index (χ1n) is 8.85. The maximum atomic E-state index is 12.0. The van der Waals surface area contributed by atoms with Gasteiger partial charge in [0.05, 0.1) is 6.20 Å². The molecule has 0 bridgehead atoms. The van der Waals surface area contributed by atoms with Gasteiger partial charge in [-0.25, -0.2) is 9.18 Å². The fourth-order valence-electron chi connectivity index (χ4n) is 3.94. The van der Waals surface area contributed by atoms with Crippen LogP contribution in [-0.2, 0) is 17.8 Å². The van der Waals surface area contributed by atoms with E-state index in [0.29, 0.717) is 5.41 Å². The summed E-state index contributed by atoms with van der Waals surface area (Å²) in [5.41, 5.74) is 1.65. The van der Waals surface area contributed by atoms with Gasteiger partial charge in [-0.15, -0.1) is 0 Å². The molecule has 1 aromatic heterocycles. The molecule has 1 aliphatic heterocycles. The SMILES string of the molecule is CCn1cc(CN2CCC3(CC2)CC(NC(=O)OCCF)C3)cn1. The Kier molecular flexibility index (Phi) is 5.38. The molecule has 1 saturated heterocycles. The Hall–Kier alpha value is -1.63. The van der Waals surface area contributed by atoms with Crippen LogP contribution in [0, 0.1) is 5.41 Å². The average molecular weight is 338 g/mol. The molecule has 2 fully saturated rings. The van der Waals surface area contributed by atoms with Gasteiger partial charge in [0.15, 0.2) is 0 Å². The minimum atomic E-state index is -0.630. The van der Waals surface area contributed by atoms with E-state index >= 15 is 0 Å². The highest BCUT2D eigenvalue weighted by molar-refractivity contribution is 5.67. The summed E-state index contributed by atoms with van der Waals surface area (Å²) in [6.45, 7) is 5.36. The van der Waals surface area contributed by atoms with Gasteiger partial charge in [0.1, 0.15) is 13.3 Å². The Balaban J connectivity index is 1.38. The van der Waals surface area contributed by atoms with E-state index in [4.69, 9.17) is 4.74 Å². The molecule has 1 N–H and O–H groups in total. The van der Waals surface area contributed by atoms with Gasteiger partial charge in [-0.3, -0.25) is 9.58 Å². The van der Waals surface area contributed by atoms with Crippen molar-refractivity contribution >= 4 is 6.09 Å². The summed E-state index contributed by atoms with van der Waals surface area (Å²) in [6, 6.07) is 0.187. The molecule has 3 rings (SSSR count). The van der Waals surface area contributed by atoms with Gasteiger partial charge in [0.2, 0.25) is 0 Å². The van der Waals surface area contributed by atoms with Crippen LogP contribution in [0.1, 0.15) is 38.2 Å². The summed E-state index contributed by atoms with van der Waals surface area (Å²) >= 11 is 0. The molecular formula is C17H27FN4O2. The van der Waals surface area contributed by atoms with E-state index in [9.17, 15) is 9.18 Å². The smallest absolute Gasteiger partial charge is 0.407 e. The van der Waals surface area contributed by atoms with E-state index in [0.717, 1.165) is 39.0 Å². The highest BCUT2D eigenvalue weighted by Gasteiger charge is 2.46. The highest BCUT2D eigenvalue weighted by atomic mass is 19.1. The quantitative estimate of drug-likeness (QED) is 0.865. The monoisotopic (exact) mass is 338 g/mol. The molecule has 1 spiro atoms. The largest absolute Gasteiger partial charge is 0.447 e. The van der Waals surface area contributed by atoms with Crippen LogP contribution in [0.25, 0.3) is 0 Å². The highest BCUT2D eigenvalue weighted by Crippen LogP contribution is 2.49. The molecule has 0 aromatic carbocycles. The molecule has 2 heterocycles. The molecule has 0 unspecified atom stereocenters. The van der Waals surface area contributed by atoms with Crippen molar-refractivity contribution in [3.8, 4) is 0 Å². The second-order valence-electron chi connectivity index (χ2n) is 7.05. The van der Waals surface area contributed by atoms with Crippen LogP contribution in [0.15, 0.2) is 12.4 Å². The summed E-state index contributed by atoms with van der Waals surface area (Å²) in [5.74, 6) is 0. The summed E-state index contributed by atoms with van der Waals surface area (Å²) in [4.78, 5) is 13.9. The molecule has 134 valence electrons. The molecule has 0 atom stereocenters. The topological polar surface area (TPSA) is 59.4 Å². The Morgan fingerprint density at radius 1 is 1.46 bits per heavy atom. The molecule has 0 radical (unpaired) electrons. The second-order valence-corrected chi connectivity index (χ2v) is 7.05. The Bertz CT molecular complexity index is 547. The number of amides is 1. The lowest BCUT2D eigenvalue weighted by molar-refractivity contribution is 0.00315. The van der Waals surface area contributed by atoms with Gasteiger partial charge < -0.3 is 10.1 Å². The Morgan fingerprint density at radius 3 is 2.83 bits per heavy atom. The van der Waals surface area contributed by atoms with E-state index in [2.05, 4.69) is 28.4 Å². The van der Waals surface area contributed by atoms with Crippen molar-refractivity contribution in [2.45, 2.75) is 51.7 Å². The van der Waals surface area contributed by atoms with Gasteiger partial charge in [0.25, 0.3) is 0 Å².